The third-order valence-electron chi connectivity index (χ3n) is 5.27. The van der Waals surface area contributed by atoms with E-state index in [1.165, 1.54) is 24.7 Å². The van der Waals surface area contributed by atoms with E-state index in [0.717, 1.165) is 17.7 Å². The van der Waals surface area contributed by atoms with Gasteiger partial charge in [-0.2, -0.15) is 5.10 Å². The third kappa shape index (κ3) is 2.23. The molecule has 1 saturated carbocycles. The molecule has 4 nitrogen and oxygen atoms in total. The van der Waals surface area contributed by atoms with Crippen molar-refractivity contribution in [3.05, 3.63) is 23.8 Å². The van der Waals surface area contributed by atoms with Crippen LogP contribution in [0.15, 0.2) is 23.3 Å². The van der Waals surface area contributed by atoms with Gasteiger partial charge < -0.3 is 14.3 Å². The van der Waals surface area contributed by atoms with Crippen LogP contribution in [0.2, 0.25) is 0 Å². The molecule has 0 radical (unpaired) electrons. The van der Waals surface area contributed by atoms with Gasteiger partial charge in [0.1, 0.15) is 5.75 Å². The lowest BCUT2D eigenvalue weighted by atomic mass is 9.68. The first-order valence-electron chi connectivity index (χ1n) is 8.25. The number of rotatable bonds is 1. The molecule has 2 atom stereocenters. The molecule has 2 heterocycles. The number of nitrogens with zero attached hydrogens (tertiary/aromatic N) is 2. The van der Waals surface area contributed by atoms with E-state index in [-0.39, 0.29) is 12.7 Å². The predicted octanol–water partition coefficient (Wildman–Crippen LogP) is 2.41. The van der Waals surface area contributed by atoms with Gasteiger partial charge in [0.15, 0.2) is 0 Å². The van der Waals surface area contributed by atoms with E-state index in [2.05, 4.69) is 24.8 Å². The second-order valence-corrected chi connectivity index (χ2v) is 7.31. The molecule has 0 spiro atoms. The molecule has 1 aromatic rings. The minimum absolute atomic E-state index is 0.0750. The summed E-state index contributed by atoms with van der Waals surface area (Å²) in [5.41, 5.74) is 2.20. The summed E-state index contributed by atoms with van der Waals surface area (Å²) in [5.74, 6) is 1.56. The van der Waals surface area contributed by atoms with Gasteiger partial charge in [-0.15, -0.1) is 0 Å². The van der Waals surface area contributed by atoms with Crippen LogP contribution in [0, 0.1) is 5.92 Å². The van der Waals surface area contributed by atoms with Gasteiger partial charge in [0.25, 0.3) is 0 Å². The molecule has 116 valence electrons. The van der Waals surface area contributed by atoms with Gasteiger partial charge in [-0.25, -0.2) is 0 Å². The van der Waals surface area contributed by atoms with Crippen LogP contribution in [0.25, 0.3) is 0 Å². The molecule has 3 aliphatic rings. The van der Waals surface area contributed by atoms with E-state index in [1.54, 1.807) is 7.11 Å². The number of hydrogen-bond donors (Lipinski definition) is 0. The third-order valence-corrected chi connectivity index (χ3v) is 5.27. The molecule has 0 amide bonds. The first-order chi connectivity index (χ1) is 10.6. The molecular formula is C17H23BN2O2. The first-order valence-corrected chi connectivity index (χ1v) is 8.25. The van der Waals surface area contributed by atoms with Crippen LogP contribution in [0.3, 0.4) is 0 Å². The zero-order chi connectivity index (χ0) is 15.3. The number of methoxy groups -OCH3 is 1. The Kier molecular flexibility index (Phi) is 3.22. The topological polar surface area (TPSA) is 34.1 Å². The molecule has 0 bridgehead atoms. The highest BCUT2D eigenvalue weighted by atomic mass is 16.5. The quantitative estimate of drug-likeness (QED) is 0.747. The van der Waals surface area contributed by atoms with Gasteiger partial charge in [0.2, 0.25) is 0 Å². The largest absolute Gasteiger partial charge is 0.497 e. The maximum Gasteiger partial charge on any atom is 0.470 e. The lowest BCUT2D eigenvalue weighted by Gasteiger charge is -2.35. The Labute approximate surface area is 132 Å². The molecule has 2 fully saturated rings. The lowest BCUT2D eigenvalue weighted by molar-refractivity contribution is 0.0875. The zero-order valence-electron chi connectivity index (χ0n) is 13.6. The highest BCUT2D eigenvalue weighted by Gasteiger charge is 2.48. The fraction of sp³-hybridized carbons (Fsp3) is 0.588. The Morgan fingerprint density at radius 1 is 1.36 bits per heavy atom. The van der Waals surface area contributed by atoms with Crippen molar-refractivity contribution in [2.24, 2.45) is 11.0 Å². The summed E-state index contributed by atoms with van der Waals surface area (Å²) in [7, 11) is 1.62. The van der Waals surface area contributed by atoms with Crippen molar-refractivity contribution < 1.29 is 9.39 Å². The van der Waals surface area contributed by atoms with Gasteiger partial charge in [0.05, 0.1) is 13.3 Å². The number of hydrazone groups is 1. The average molecular weight is 298 g/mol. The number of benzene rings is 1. The summed E-state index contributed by atoms with van der Waals surface area (Å²) in [6.45, 7) is 4.43. The van der Waals surface area contributed by atoms with Gasteiger partial charge in [-0.3, -0.25) is 0 Å². The van der Waals surface area contributed by atoms with Crippen LogP contribution < -0.4 is 10.2 Å². The maximum atomic E-state index is 6.51. The van der Waals surface area contributed by atoms with Crippen molar-refractivity contribution in [1.29, 1.82) is 0 Å². The van der Waals surface area contributed by atoms with Crippen LogP contribution in [0.4, 0.5) is 0 Å². The van der Waals surface area contributed by atoms with Crippen LogP contribution in [-0.2, 0) is 4.65 Å². The summed E-state index contributed by atoms with van der Waals surface area (Å²) in [5, 5.41) is 4.76. The minimum atomic E-state index is -0.114. The summed E-state index contributed by atoms with van der Waals surface area (Å²) in [4.78, 5) is 2.22. The number of hydrogen-bond acceptors (Lipinski definition) is 4. The fourth-order valence-corrected chi connectivity index (χ4v) is 4.31. The zero-order valence-corrected chi connectivity index (χ0v) is 13.6. The van der Waals surface area contributed by atoms with E-state index in [0.29, 0.717) is 12.0 Å². The second-order valence-electron chi connectivity index (χ2n) is 7.31. The minimum Gasteiger partial charge on any atom is -0.497 e. The average Bonchev–Trinajstić information content (AvgIpc) is 2.89. The second kappa shape index (κ2) is 5.02. The van der Waals surface area contributed by atoms with Crippen LogP contribution in [0.1, 0.15) is 45.1 Å². The Hall–Kier alpha value is -1.49. The standard InChI is InChI=1S/C17H23BN2O2/c1-17(2)10-12-5-4-6-16(12)20-18(22-17)15-8-7-14(21-3)9-13(15)11-19-20/h7-9,11-12,16H,4-6,10H2,1-3H3. The van der Waals surface area contributed by atoms with E-state index >= 15 is 0 Å². The van der Waals surface area contributed by atoms with Crippen molar-refractivity contribution in [2.45, 2.75) is 51.2 Å². The fourth-order valence-electron chi connectivity index (χ4n) is 4.31. The Morgan fingerprint density at radius 3 is 3.05 bits per heavy atom. The molecule has 5 heteroatoms. The molecular weight excluding hydrogens is 275 g/mol. The Bertz CT molecular complexity index is 617. The van der Waals surface area contributed by atoms with Gasteiger partial charge >= 0.3 is 7.05 Å². The lowest BCUT2D eigenvalue weighted by Crippen LogP contribution is -2.56. The predicted molar refractivity (Wildman–Crippen MR) is 88.7 cm³/mol. The van der Waals surface area contributed by atoms with E-state index < -0.39 is 0 Å². The van der Waals surface area contributed by atoms with E-state index in [9.17, 15) is 0 Å². The summed E-state index contributed by atoms with van der Waals surface area (Å²) >= 11 is 0. The Balaban J connectivity index is 1.77. The summed E-state index contributed by atoms with van der Waals surface area (Å²) in [6.07, 6.45) is 6.91. The van der Waals surface area contributed by atoms with Crippen molar-refractivity contribution in [3.63, 3.8) is 0 Å². The number of fused-ring (bicyclic) bond motifs is 5. The molecule has 1 saturated heterocycles. The van der Waals surface area contributed by atoms with E-state index in [1.807, 2.05) is 18.3 Å². The summed E-state index contributed by atoms with van der Waals surface area (Å²) < 4.78 is 11.8. The molecule has 0 N–H and O–H groups in total. The number of ether oxygens (including phenoxy) is 1. The van der Waals surface area contributed by atoms with Crippen LogP contribution in [-0.4, -0.2) is 36.9 Å². The van der Waals surface area contributed by atoms with Crippen molar-refractivity contribution in [3.8, 4) is 5.75 Å². The molecule has 1 aromatic carbocycles. The molecule has 4 rings (SSSR count). The molecule has 2 unspecified atom stereocenters. The monoisotopic (exact) mass is 298 g/mol. The smallest absolute Gasteiger partial charge is 0.470 e. The maximum absolute atomic E-state index is 6.51. The SMILES string of the molecule is COc1ccc2c(c1)C=NN1B2OC(C)(C)CC2CCCC21. The van der Waals surface area contributed by atoms with Crippen molar-refractivity contribution >= 4 is 18.7 Å². The highest BCUT2D eigenvalue weighted by Crippen LogP contribution is 2.41. The molecule has 0 aromatic heterocycles. The molecule has 1 aliphatic carbocycles. The molecule has 2 aliphatic heterocycles. The van der Waals surface area contributed by atoms with Crippen molar-refractivity contribution in [2.75, 3.05) is 7.11 Å². The van der Waals surface area contributed by atoms with Crippen LogP contribution >= 0.6 is 0 Å². The van der Waals surface area contributed by atoms with Gasteiger partial charge in [-0.05, 0) is 62.2 Å². The van der Waals surface area contributed by atoms with Gasteiger partial charge in [-0.1, -0.05) is 12.5 Å². The van der Waals surface area contributed by atoms with Crippen molar-refractivity contribution in [1.82, 2.24) is 4.92 Å². The van der Waals surface area contributed by atoms with Crippen LogP contribution in [0.5, 0.6) is 5.75 Å². The summed E-state index contributed by atoms with van der Waals surface area (Å²) in [6, 6.07) is 6.70. The highest BCUT2D eigenvalue weighted by molar-refractivity contribution is 6.66. The normalized spacial score (nSPS) is 28.7. The van der Waals surface area contributed by atoms with Gasteiger partial charge in [0, 0.05) is 11.6 Å². The first kappa shape index (κ1) is 14.1. The van der Waals surface area contributed by atoms with E-state index in [4.69, 9.17) is 14.5 Å². The molecule has 22 heavy (non-hydrogen) atoms. The Morgan fingerprint density at radius 2 is 2.23 bits per heavy atom.